The highest BCUT2D eigenvalue weighted by atomic mass is 32.1. The summed E-state index contributed by atoms with van der Waals surface area (Å²) in [5.41, 5.74) is 11.2. The van der Waals surface area contributed by atoms with E-state index < -0.39 is 6.03 Å². The number of primary amides is 1. The monoisotopic (exact) mass is 186 g/mol. The Labute approximate surface area is 73.8 Å². The van der Waals surface area contributed by atoms with Crippen molar-refractivity contribution in [3.63, 3.8) is 0 Å². The molecule has 1 atom stereocenters. The van der Waals surface area contributed by atoms with Crippen molar-refractivity contribution in [2.75, 3.05) is 5.32 Å². The van der Waals surface area contributed by atoms with Gasteiger partial charge >= 0.3 is 6.03 Å². The second-order valence-corrected chi connectivity index (χ2v) is 3.21. The smallest absolute Gasteiger partial charge is 0.318 e. The van der Waals surface area contributed by atoms with Crippen molar-refractivity contribution >= 4 is 22.5 Å². The Bertz CT molecular complexity index is 283. The van der Waals surface area contributed by atoms with Gasteiger partial charge in [-0.15, -0.1) is 11.3 Å². The number of hydrogen-bond acceptors (Lipinski definition) is 4. The zero-order chi connectivity index (χ0) is 9.14. The van der Waals surface area contributed by atoms with Crippen molar-refractivity contribution in [2.45, 2.75) is 13.0 Å². The Morgan fingerprint density at radius 1 is 1.83 bits per heavy atom. The van der Waals surface area contributed by atoms with E-state index in [4.69, 9.17) is 11.5 Å². The number of aromatic nitrogens is 1. The van der Waals surface area contributed by atoms with E-state index in [1.54, 1.807) is 5.38 Å². The lowest BCUT2D eigenvalue weighted by Crippen LogP contribution is -2.19. The van der Waals surface area contributed by atoms with Crippen LogP contribution in [0.1, 0.15) is 18.7 Å². The van der Waals surface area contributed by atoms with Gasteiger partial charge in [-0.1, -0.05) is 0 Å². The first-order valence-corrected chi connectivity index (χ1v) is 4.25. The summed E-state index contributed by atoms with van der Waals surface area (Å²) in [6.07, 6.45) is 0. The second-order valence-electron chi connectivity index (χ2n) is 2.36. The average Bonchev–Trinajstić information content (AvgIpc) is 2.34. The van der Waals surface area contributed by atoms with E-state index >= 15 is 0 Å². The van der Waals surface area contributed by atoms with E-state index in [1.807, 2.05) is 6.92 Å². The summed E-state index contributed by atoms with van der Waals surface area (Å²) < 4.78 is 0. The largest absolute Gasteiger partial charge is 0.351 e. The van der Waals surface area contributed by atoms with Crippen LogP contribution in [0.2, 0.25) is 0 Å². The van der Waals surface area contributed by atoms with E-state index in [1.165, 1.54) is 11.3 Å². The molecule has 6 heteroatoms. The highest BCUT2D eigenvalue weighted by Gasteiger charge is 2.06. The predicted octanol–water partition coefficient (Wildman–Crippen LogP) is 0.653. The molecule has 1 aromatic heterocycles. The lowest BCUT2D eigenvalue weighted by molar-refractivity contribution is 0.259. The van der Waals surface area contributed by atoms with Crippen LogP contribution in [0, 0.1) is 0 Å². The van der Waals surface area contributed by atoms with Gasteiger partial charge in [0.25, 0.3) is 0 Å². The molecule has 1 heterocycles. The molecule has 5 N–H and O–H groups in total. The van der Waals surface area contributed by atoms with Gasteiger partial charge in [0.15, 0.2) is 5.13 Å². The molecular formula is C6H10N4OS. The van der Waals surface area contributed by atoms with Crippen LogP contribution < -0.4 is 16.8 Å². The number of nitrogens with two attached hydrogens (primary N) is 2. The number of carbonyl (C=O) groups excluding carboxylic acids is 1. The van der Waals surface area contributed by atoms with Crippen LogP contribution in [0.4, 0.5) is 9.93 Å². The molecule has 66 valence electrons. The van der Waals surface area contributed by atoms with Crippen LogP contribution >= 0.6 is 11.3 Å². The minimum Gasteiger partial charge on any atom is -0.351 e. The Morgan fingerprint density at radius 3 is 2.92 bits per heavy atom. The number of anilines is 1. The molecule has 5 nitrogen and oxygen atoms in total. The molecule has 0 radical (unpaired) electrons. The SMILES string of the molecule is CC(N)c1csc(NC(N)=O)n1. The first-order chi connectivity index (χ1) is 5.59. The molecule has 0 aliphatic rings. The highest BCUT2D eigenvalue weighted by Crippen LogP contribution is 2.18. The van der Waals surface area contributed by atoms with Crippen LogP contribution in [0.25, 0.3) is 0 Å². The number of thiazole rings is 1. The summed E-state index contributed by atoms with van der Waals surface area (Å²) in [6.45, 7) is 1.82. The van der Waals surface area contributed by atoms with E-state index in [-0.39, 0.29) is 6.04 Å². The molecule has 1 aromatic rings. The second kappa shape index (κ2) is 3.51. The number of rotatable bonds is 2. The van der Waals surface area contributed by atoms with Crippen molar-refractivity contribution in [3.05, 3.63) is 11.1 Å². The third-order valence-corrected chi connectivity index (χ3v) is 1.99. The zero-order valence-corrected chi connectivity index (χ0v) is 7.39. The first kappa shape index (κ1) is 8.95. The van der Waals surface area contributed by atoms with Gasteiger partial charge < -0.3 is 11.5 Å². The fourth-order valence-electron chi connectivity index (χ4n) is 0.658. The highest BCUT2D eigenvalue weighted by molar-refractivity contribution is 7.13. The number of hydrogen-bond donors (Lipinski definition) is 3. The number of nitrogens with one attached hydrogen (secondary N) is 1. The van der Waals surface area contributed by atoms with E-state index in [2.05, 4.69) is 10.3 Å². The van der Waals surface area contributed by atoms with Crippen LogP contribution in [0.5, 0.6) is 0 Å². The number of nitrogens with zero attached hydrogens (tertiary/aromatic N) is 1. The maximum Gasteiger partial charge on any atom is 0.318 e. The molecule has 0 aromatic carbocycles. The fourth-order valence-corrected chi connectivity index (χ4v) is 1.48. The van der Waals surface area contributed by atoms with Gasteiger partial charge in [-0.05, 0) is 6.92 Å². The topological polar surface area (TPSA) is 94.0 Å². The number of urea groups is 1. The molecule has 1 unspecified atom stereocenters. The Balaban J connectivity index is 2.70. The molecule has 0 aliphatic carbocycles. The summed E-state index contributed by atoms with van der Waals surface area (Å²) in [7, 11) is 0. The van der Waals surface area contributed by atoms with Crippen LogP contribution in [0.15, 0.2) is 5.38 Å². The van der Waals surface area contributed by atoms with Gasteiger partial charge in [-0.25, -0.2) is 9.78 Å². The van der Waals surface area contributed by atoms with Crippen LogP contribution in [0.3, 0.4) is 0 Å². The molecule has 0 spiro atoms. The van der Waals surface area contributed by atoms with Crippen molar-refractivity contribution in [1.82, 2.24) is 4.98 Å². The zero-order valence-electron chi connectivity index (χ0n) is 6.57. The minimum absolute atomic E-state index is 0.121. The summed E-state index contributed by atoms with van der Waals surface area (Å²) in [6, 6.07) is -0.731. The molecular weight excluding hydrogens is 176 g/mol. The summed E-state index contributed by atoms with van der Waals surface area (Å²) in [5.74, 6) is 0. The third kappa shape index (κ3) is 2.18. The van der Waals surface area contributed by atoms with E-state index in [0.29, 0.717) is 5.13 Å². The van der Waals surface area contributed by atoms with Gasteiger partial charge in [0.1, 0.15) is 0 Å². The average molecular weight is 186 g/mol. The molecule has 1 rings (SSSR count). The van der Waals surface area contributed by atoms with E-state index in [0.717, 1.165) is 5.69 Å². The van der Waals surface area contributed by atoms with Crippen molar-refractivity contribution in [3.8, 4) is 0 Å². The first-order valence-electron chi connectivity index (χ1n) is 3.37. The van der Waals surface area contributed by atoms with Gasteiger partial charge in [0, 0.05) is 11.4 Å². The standard InChI is InChI=1S/C6H10N4OS/c1-3(7)4-2-12-6(9-4)10-5(8)11/h2-3H,7H2,1H3,(H3,8,9,10,11). The lowest BCUT2D eigenvalue weighted by atomic mass is 10.3. The molecule has 0 aliphatic heterocycles. The molecule has 2 amide bonds. The lowest BCUT2D eigenvalue weighted by Gasteiger charge is -1.97. The molecule has 0 fully saturated rings. The molecule has 0 saturated carbocycles. The van der Waals surface area contributed by atoms with Gasteiger partial charge in [0.05, 0.1) is 5.69 Å². The summed E-state index contributed by atoms with van der Waals surface area (Å²) in [4.78, 5) is 14.4. The summed E-state index contributed by atoms with van der Waals surface area (Å²) >= 11 is 1.30. The Kier molecular flexibility index (Phi) is 2.61. The van der Waals surface area contributed by atoms with Gasteiger partial charge in [-0.2, -0.15) is 0 Å². The summed E-state index contributed by atoms with van der Waals surface area (Å²) in [5, 5.41) is 4.64. The normalized spacial score (nSPS) is 12.5. The van der Waals surface area contributed by atoms with E-state index in [9.17, 15) is 4.79 Å². The van der Waals surface area contributed by atoms with Gasteiger partial charge in [-0.3, -0.25) is 5.32 Å². The molecule has 12 heavy (non-hydrogen) atoms. The Hall–Kier alpha value is -1.14. The number of amides is 2. The maximum absolute atomic E-state index is 10.4. The predicted molar refractivity (Wildman–Crippen MR) is 47.9 cm³/mol. The molecule has 0 bridgehead atoms. The Morgan fingerprint density at radius 2 is 2.50 bits per heavy atom. The van der Waals surface area contributed by atoms with Crippen LogP contribution in [-0.4, -0.2) is 11.0 Å². The minimum atomic E-state index is -0.611. The van der Waals surface area contributed by atoms with Crippen molar-refractivity contribution < 1.29 is 4.79 Å². The van der Waals surface area contributed by atoms with Gasteiger partial charge in [0.2, 0.25) is 0 Å². The third-order valence-electron chi connectivity index (χ3n) is 1.22. The van der Waals surface area contributed by atoms with Crippen LogP contribution in [-0.2, 0) is 0 Å². The quantitative estimate of drug-likeness (QED) is 0.633. The van der Waals surface area contributed by atoms with Crippen molar-refractivity contribution in [1.29, 1.82) is 0 Å². The maximum atomic E-state index is 10.4. The number of carbonyl (C=O) groups is 1. The molecule has 0 saturated heterocycles. The van der Waals surface area contributed by atoms with Crippen molar-refractivity contribution in [2.24, 2.45) is 11.5 Å². The fraction of sp³-hybridized carbons (Fsp3) is 0.333.